The highest BCUT2D eigenvalue weighted by atomic mass is 16.5. The van der Waals surface area contributed by atoms with Crippen LogP contribution in [0.4, 0.5) is 4.79 Å². The number of carbonyl (C=O) groups is 2. The van der Waals surface area contributed by atoms with Crippen LogP contribution in [0.2, 0.25) is 0 Å². The number of ether oxygens (including phenoxy) is 1. The number of nitrogens with one attached hydrogen (secondary N) is 1. The minimum Gasteiger partial charge on any atom is -0.481 e. The normalized spacial score (nSPS) is 14.8. The minimum absolute atomic E-state index is 0.122. The van der Waals surface area contributed by atoms with Gasteiger partial charge in [0.2, 0.25) is 0 Å². The Kier molecular flexibility index (Phi) is 6.17. The number of carboxylic acids is 1. The molecule has 0 heterocycles. The van der Waals surface area contributed by atoms with Crippen LogP contribution < -0.4 is 11.1 Å². The van der Waals surface area contributed by atoms with Crippen molar-refractivity contribution in [3.05, 3.63) is 35.9 Å². The molecule has 2 unspecified atom stereocenters. The molecular weight excluding hydrogens is 272 g/mol. The number of benzene rings is 1. The first-order valence-electron chi connectivity index (χ1n) is 6.83. The summed E-state index contributed by atoms with van der Waals surface area (Å²) in [6, 6.07) is 8.76. The lowest BCUT2D eigenvalue weighted by Crippen LogP contribution is -2.58. The largest absolute Gasteiger partial charge is 0.481 e. The van der Waals surface area contributed by atoms with Crippen molar-refractivity contribution in [2.24, 2.45) is 5.73 Å². The Morgan fingerprint density at radius 1 is 1.38 bits per heavy atom. The van der Waals surface area contributed by atoms with E-state index in [1.54, 1.807) is 6.92 Å². The number of nitrogens with two attached hydrogens (primary N) is 1. The van der Waals surface area contributed by atoms with Crippen LogP contribution in [-0.4, -0.2) is 28.7 Å². The van der Waals surface area contributed by atoms with Crippen LogP contribution in [0.25, 0.3) is 0 Å². The van der Waals surface area contributed by atoms with Gasteiger partial charge in [-0.3, -0.25) is 4.79 Å². The van der Waals surface area contributed by atoms with Crippen molar-refractivity contribution in [1.29, 1.82) is 0 Å². The zero-order chi connectivity index (χ0) is 15.9. The standard InChI is InChI=1S/C15H22N2O4/c1-3-12(16)15(2,9-13(18)19)17-14(20)21-10-11-7-5-4-6-8-11/h4-8,12H,3,9-10,16H2,1-2H3,(H,17,20)(H,18,19). The van der Waals surface area contributed by atoms with E-state index in [0.717, 1.165) is 5.56 Å². The van der Waals surface area contributed by atoms with E-state index in [1.807, 2.05) is 37.3 Å². The number of rotatable bonds is 7. The fraction of sp³-hybridized carbons (Fsp3) is 0.467. The molecule has 0 saturated carbocycles. The van der Waals surface area contributed by atoms with E-state index in [-0.39, 0.29) is 13.0 Å². The molecule has 0 bridgehead atoms. The number of amides is 1. The van der Waals surface area contributed by atoms with E-state index < -0.39 is 23.6 Å². The summed E-state index contributed by atoms with van der Waals surface area (Å²) in [6.45, 7) is 3.57. The Labute approximate surface area is 124 Å². The van der Waals surface area contributed by atoms with Gasteiger partial charge in [0.15, 0.2) is 0 Å². The molecule has 0 aliphatic rings. The van der Waals surface area contributed by atoms with E-state index in [4.69, 9.17) is 15.6 Å². The zero-order valence-electron chi connectivity index (χ0n) is 12.3. The molecule has 6 nitrogen and oxygen atoms in total. The molecule has 1 rings (SSSR count). The summed E-state index contributed by atoms with van der Waals surface area (Å²) in [5.41, 5.74) is 5.73. The lowest BCUT2D eigenvalue weighted by molar-refractivity contribution is -0.138. The smallest absolute Gasteiger partial charge is 0.407 e. The van der Waals surface area contributed by atoms with Crippen LogP contribution in [0.15, 0.2) is 30.3 Å². The topological polar surface area (TPSA) is 102 Å². The molecule has 0 aliphatic heterocycles. The molecule has 0 aliphatic carbocycles. The maximum atomic E-state index is 11.9. The number of aliphatic carboxylic acids is 1. The van der Waals surface area contributed by atoms with E-state index >= 15 is 0 Å². The van der Waals surface area contributed by atoms with Crippen LogP contribution in [0.3, 0.4) is 0 Å². The van der Waals surface area contributed by atoms with Gasteiger partial charge in [0.05, 0.1) is 12.0 Å². The highest BCUT2D eigenvalue weighted by Crippen LogP contribution is 2.17. The second kappa shape index (κ2) is 7.64. The summed E-state index contributed by atoms with van der Waals surface area (Å²) in [7, 11) is 0. The number of hydrogen-bond donors (Lipinski definition) is 3. The Morgan fingerprint density at radius 2 is 2.00 bits per heavy atom. The van der Waals surface area contributed by atoms with Crippen LogP contribution in [0.1, 0.15) is 32.3 Å². The van der Waals surface area contributed by atoms with Gasteiger partial charge >= 0.3 is 12.1 Å². The first kappa shape index (κ1) is 17.0. The Hall–Kier alpha value is -2.08. The second-order valence-electron chi connectivity index (χ2n) is 5.19. The van der Waals surface area contributed by atoms with E-state index in [1.165, 1.54) is 0 Å². The SMILES string of the molecule is CCC(N)C(C)(CC(=O)O)NC(=O)OCc1ccccc1. The lowest BCUT2D eigenvalue weighted by Gasteiger charge is -2.34. The average Bonchev–Trinajstić information content (AvgIpc) is 2.44. The average molecular weight is 294 g/mol. The monoisotopic (exact) mass is 294 g/mol. The second-order valence-corrected chi connectivity index (χ2v) is 5.19. The van der Waals surface area contributed by atoms with Crippen LogP contribution in [0, 0.1) is 0 Å². The molecule has 1 amide bonds. The third-order valence-electron chi connectivity index (χ3n) is 3.38. The van der Waals surface area contributed by atoms with Gasteiger partial charge in [-0.2, -0.15) is 0 Å². The number of carboxylic acid groups (broad SMARTS) is 1. The van der Waals surface area contributed by atoms with Crippen molar-refractivity contribution < 1.29 is 19.4 Å². The van der Waals surface area contributed by atoms with Gasteiger partial charge in [-0.15, -0.1) is 0 Å². The molecule has 1 aromatic carbocycles. The minimum atomic E-state index is -1.05. The summed E-state index contributed by atoms with van der Waals surface area (Å²) >= 11 is 0. The van der Waals surface area contributed by atoms with Crippen molar-refractivity contribution in [2.75, 3.05) is 0 Å². The van der Waals surface area contributed by atoms with Gasteiger partial charge in [0.1, 0.15) is 6.61 Å². The van der Waals surface area contributed by atoms with E-state index in [2.05, 4.69) is 5.32 Å². The Bertz CT molecular complexity index is 478. The van der Waals surface area contributed by atoms with Crippen LogP contribution in [0.5, 0.6) is 0 Å². The van der Waals surface area contributed by atoms with E-state index in [9.17, 15) is 9.59 Å². The molecule has 4 N–H and O–H groups in total. The van der Waals surface area contributed by atoms with Crippen molar-refractivity contribution >= 4 is 12.1 Å². The zero-order valence-corrected chi connectivity index (χ0v) is 12.3. The Morgan fingerprint density at radius 3 is 2.52 bits per heavy atom. The third kappa shape index (κ3) is 5.43. The number of hydrogen-bond acceptors (Lipinski definition) is 4. The van der Waals surface area contributed by atoms with Gasteiger partial charge in [-0.25, -0.2) is 4.79 Å². The van der Waals surface area contributed by atoms with Gasteiger partial charge < -0.3 is 20.9 Å². The summed E-state index contributed by atoms with van der Waals surface area (Å²) < 4.78 is 5.10. The molecule has 21 heavy (non-hydrogen) atoms. The fourth-order valence-electron chi connectivity index (χ4n) is 2.03. The van der Waals surface area contributed by atoms with Crippen molar-refractivity contribution in [2.45, 2.75) is 44.9 Å². The molecule has 1 aromatic rings. The maximum absolute atomic E-state index is 11.9. The summed E-state index contributed by atoms with van der Waals surface area (Å²) in [5, 5.41) is 11.5. The summed E-state index contributed by atoms with van der Waals surface area (Å²) in [5.74, 6) is -1.02. The first-order valence-corrected chi connectivity index (χ1v) is 6.83. The van der Waals surface area contributed by atoms with Crippen LogP contribution in [-0.2, 0) is 16.1 Å². The van der Waals surface area contributed by atoms with Crippen molar-refractivity contribution in [1.82, 2.24) is 5.32 Å². The summed E-state index contributed by atoms with van der Waals surface area (Å²) in [4.78, 5) is 22.8. The van der Waals surface area contributed by atoms with Crippen molar-refractivity contribution in [3.63, 3.8) is 0 Å². The maximum Gasteiger partial charge on any atom is 0.407 e. The predicted octanol–water partition coefficient (Wildman–Crippen LogP) is 1.88. The predicted molar refractivity (Wildman–Crippen MR) is 78.7 cm³/mol. The number of alkyl carbamates (subject to hydrolysis) is 1. The molecule has 116 valence electrons. The molecule has 0 radical (unpaired) electrons. The third-order valence-corrected chi connectivity index (χ3v) is 3.38. The first-order chi connectivity index (χ1) is 9.87. The fourth-order valence-corrected chi connectivity index (χ4v) is 2.03. The van der Waals surface area contributed by atoms with Gasteiger partial charge in [0, 0.05) is 6.04 Å². The molecule has 0 spiro atoms. The van der Waals surface area contributed by atoms with Gasteiger partial charge in [-0.05, 0) is 18.9 Å². The quantitative estimate of drug-likeness (QED) is 0.712. The highest BCUT2D eigenvalue weighted by Gasteiger charge is 2.35. The highest BCUT2D eigenvalue weighted by molar-refractivity contribution is 5.72. The molecule has 2 atom stereocenters. The van der Waals surface area contributed by atoms with Crippen molar-refractivity contribution in [3.8, 4) is 0 Å². The molecule has 0 fully saturated rings. The van der Waals surface area contributed by atoms with E-state index in [0.29, 0.717) is 6.42 Å². The van der Waals surface area contributed by atoms with Gasteiger partial charge in [0.25, 0.3) is 0 Å². The van der Waals surface area contributed by atoms with Crippen LogP contribution >= 0.6 is 0 Å². The lowest BCUT2D eigenvalue weighted by atomic mass is 9.87. The number of carbonyl (C=O) groups excluding carboxylic acids is 1. The molecular formula is C15H22N2O4. The van der Waals surface area contributed by atoms with Gasteiger partial charge in [-0.1, -0.05) is 37.3 Å². The molecule has 0 saturated heterocycles. The Balaban J connectivity index is 2.61. The summed E-state index contributed by atoms with van der Waals surface area (Å²) in [6.07, 6.45) is -0.392. The molecule has 6 heteroatoms. The molecule has 0 aromatic heterocycles.